The average molecular weight is 312 g/mol. The van der Waals surface area contributed by atoms with Crippen LogP contribution in [0.5, 0.6) is 5.75 Å². The van der Waals surface area contributed by atoms with Gasteiger partial charge in [0.15, 0.2) is 17.1 Å². The Kier molecular flexibility index (Phi) is 3.84. The molecule has 1 aromatic carbocycles. The second-order valence-electron chi connectivity index (χ2n) is 5.03. The van der Waals surface area contributed by atoms with Gasteiger partial charge in [0.25, 0.3) is 5.56 Å². The molecule has 7 nitrogen and oxygen atoms in total. The SMILES string of the molecule is COc1cccc2cc(/C(C)=N\Nc3nc(C)cc(=O)[nH]3)oc12. The summed E-state index contributed by atoms with van der Waals surface area (Å²) >= 11 is 0. The van der Waals surface area contributed by atoms with Crippen LogP contribution in [0.25, 0.3) is 11.0 Å². The highest BCUT2D eigenvalue weighted by atomic mass is 16.5. The van der Waals surface area contributed by atoms with Gasteiger partial charge in [0.1, 0.15) is 5.71 Å². The summed E-state index contributed by atoms with van der Waals surface area (Å²) in [7, 11) is 1.60. The second-order valence-corrected chi connectivity index (χ2v) is 5.03. The standard InChI is InChI=1S/C16H16N4O3/c1-9-7-14(21)18-16(17-9)20-19-10(2)13-8-11-5-4-6-12(22-3)15(11)23-13/h4-8H,1-3H3,(H2,17,18,20,21)/b19-10-. The predicted octanol–water partition coefficient (Wildman–Crippen LogP) is 2.67. The van der Waals surface area contributed by atoms with Gasteiger partial charge in [0.2, 0.25) is 5.95 Å². The number of anilines is 1. The molecule has 2 aromatic heterocycles. The van der Waals surface area contributed by atoms with Crippen LogP contribution in [0, 0.1) is 6.92 Å². The number of methoxy groups -OCH3 is 1. The third kappa shape index (κ3) is 3.08. The minimum absolute atomic E-state index is 0.235. The van der Waals surface area contributed by atoms with Crippen molar-refractivity contribution in [3.8, 4) is 5.75 Å². The molecule has 0 saturated heterocycles. The molecule has 0 aliphatic heterocycles. The Morgan fingerprint density at radius 3 is 2.96 bits per heavy atom. The van der Waals surface area contributed by atoms with Gasteiger partial charge in [0.05, 0.1) is 7.11 Å². The molecule has 0 fully saturated rings. The van der Waals surface area contributed by atoms with E-state index in [1.165, 1.54) is 6.07 Å². The summed E-state index contributed by atoms with van der Waals surface area (Å²) in [4.78, 5) is 18.1. The highest BCUT2D eigenvalue weighted by Gasteiger charge is 2.10. The van der Waals surface area contributed by atoms with Crippen molar-refractivity contribution in [2.45, 2.75) is 13.8 Å². The van der Waals surface area contributed by atoms with Crippen molar-refractivity contribution in [3.63, 3.8) is 0 Å². The molecule has 0 radical (unpaired) electrons. The molecule has 7 heteroatoms. The molecule has 0 atom stereocenters. The van der Waals surface area contributed by atoms with Gasteiger partial charge < -0.3 is 9.15 Å². The average Bonchev–Trinajstić information content (AvgIpc) is 2.95. The molecule has 3 rings (SSSR count). The van der Waals surface area contributed by atoms with E-state index in [-0.39, 0.29) is 11.5 Å². The van der Waals surface area contributed by atoms with Crippen LogP contribution in [0.2, 0.25) is 0 Å². The molecule has 3 aromatic rings. The highest BCUT2D eigenvalue weighted by molar-refractivity contribution is 6.00. The Bertz CT molecular complexity index is 940. The number of rotatable bonds is 4. The lowest BCUT2D eigenvalue weighted by Crippen LogP contribution is -2.11. The lowest BCUT2D eigenvalue weighted by molar-refractivity contribution is 0.410. The molecule has 0 amide bonds. The minimum Gasteiger partial charge on any atom is -0.493 e. The van der Waals surface area contributed by atoms with Gasteiger partial charge in [-0.05, 0) is 26.0 Å². The lowest BCUT2D eigenvalue weighted by Gasteiger charge is -2.01. The number of hydrogen-bond acceptors (Lipinski definition) is 6. The maximum absolute atomic E-state index is 11.4. The Balaban J connectivity index is 1.90. The van der Waals surface area contributed by atoms with Crippen LogP contribution in [0.15, 0.2) is 44.6 Å². The molecule has 118 valence electrons. The second kappa shape index (κ2) is 5.96. The van der Waals surface area contributed by atoms with Crippen molar-refractivity contribution >= 4 is 22.6 Å². The van der Waals surface area contributed by atoms with Crippen LogP contribution >= 0.6 is 0 Å². The number of para-hydroxylation sites is 1. The normalized spacial score (nSPS) is 11.7. The molecule has 0 aliphatic rings. The first-order valence-electron chi connectivity index (χ1n) is 7.02. The van der Waals surface area contributed by atoms with E-state index in [1.807, 2.05) is 24.3 Å². The highest BCUT2D eigenvalue weighted by Crippen LogP contribution is 2.28. The number of benzene rings is 1. The third-order valence-corrected chi connectivity index (χ3v) is 3.28. The van der Waals surface area contributed by atoms with E-state index < -0.39 is 0 Å². The van der Waals surface area contributed by atoms with Crippen molar-refractivity contribution in [2.75, 3.05) is 12.5 Å². The molecule has 23 heavy (non-hydrogen) atoms. The van der Waals surface area contributed by atoms with E-state index in [0.29, 0.717) is 28.5 Å². The van der Waals surface area contributed by atoms with Crippen LogP contribution in [0.1, 0.15) is 18.4 Å². The summed E-state index contributed by atoms with van der Waals surface area (Å²) in [6.07, 6.45) is 0. The number of hydrogen-bond donors (Lipinski definition) is 2. The number of fused-ring (bicyclic) bond motifs is 1. The maximum atomic E-state index is 11.4. The van der Waals surface area contributed by atoms with Crippen molar-refractivity contribution in [1.29, 1.82) is 0 Å². The van der Waals surface area contributed by atoms with E-state index >= 15 is 0 Å². The van der Waals surface area contributed by atoms with Gasteiger partial charge in [-0.1, -0.05) is 12.1 Å². The van der Waals surface area contributed by atoms with Crippen LogP contribution in [-0.4, -0.2) is 22.8 Å². The summed E-state index contributed by atoms with van der Waals surface area (Å²) in [5.74, 6) is 1.55. The number of nitrogens with one attached hydrogen (secondary N) is 2. The molecule has 0 unspecified atom stereocenters. The molecule has 0 aliphatic carbocycles. The number of aryl methyl sites for hydroxylation is 1. The quantitative estimate of drug-likeness (QED) is 0.571. The van der Waals surface area contributed by atoms with Crippen molar-refractivity contribution in [3.05, 3.63) is 52.1 Å². The van der Waals surface area contributed by atoms with E-state index in [2.05, 4.69) is 20.5 Å². The fraction of sp³-hybridized carbons (Fsp3) is 0.188. The fourth-order valence-corrected chi connectivity index (χ4v) is 2.20. The Morgan fingerprint density at radius 2 is 2.22 bits per heavy atom. The molecule has 0 saturated carbocycles. The van der Waals surface area contributed by atoms with Crippen LogP contribution < -0.4 is 15.7 Å². The first kappa shape index (κ1) is 14.8. The van der Waals surface area contributed by atoms with Crippen LogP contribution in [0.3, 0.4) is 0 Å². The third-order valence-electron chi connectivity index (χ3n) is 3.28. The summed E-state index contributed by atoms with van der Waals surface area (Å²) in [6, 6.07) is 8.96. The smallest absolute Gasteiger partial charge is 0.252 e. The summed E-state index contributed by atoms with van der Waals surface area (Å²) < 4.78 is 11.1. The number of aromatic amines is 1. The van der Waals surface area contributed by atoms with E-state index in [4.69, 9.17) is 9.15 Å². The zero-order chi connectivity index (χ0) is 16.4. The van der Waals surface area contributed by atoms with Gasteiger partial charge in [0, 0.05) is 17.1 Å². The Morgan fingerprint density at radius 1 is 1.39 bits per heavy atom. The Hall–Kier alpha value is -3.09. The first-order chi connectivity index (χ1) is 11.1. The van der Waals surface area contributed by atoms with Crippen molar-refractivity contribution in [2.24, 2.45) is 5.10 Å². The van der Waals surface area contributed by atoms with Crippen molar-refractivity contribution in [1.82, 2.24) is 9.97 Å². The van der Waals surface area contributed by atoms with E-state index in [1.54, 1.807) is 21.0 Å². The number of aromatic nitrogens is 2. The number of furan rings is 1. The molecule has 0 spiro atoms. The van der Waals surface area contributed by atoms with Gasteiger partial charge in [-0.3, -0.25) is 9.78 Å². The lowest BCUT2D eigenvalue weighted by atomic mass is 10.2. The Labute approximate surface area is 132 Å². The van der Waals surface area contributed by atoms with E-state index in [9.17, 15) is 4.79 Å². The summed E-state index contributed by atoms with van der Waals surface area (Å²) in [6.45, 7) is 3.54. The predicted molar refractivity (Wildman–Crippen MR) is 88.2 cm³/mol. The number of ether oxygens (including phenoxy) is 1. The minimum atomic E-state index is -0.235. The van der Waals surface area contributed by atoms with Gasteiger partial charge >= 0.3 is 0 Å². The fourth-order valence-electron chi connectivity index (χ4n) is 2.20. The first-order valence-corrected chi connectivity index (χ1v) is 7.02. The molecule has 2 N–H and O–H groups in total. The number of nitrogens with zero attached hydrogens (tertiary/aromatic N) is 2. The molecular formula is C16H16N4O3. The largest absolute Gasteiger partial charge is 0.493 e. The molecule has 2 heterocycles. The van der Waals surface area contributed by atoms with E-state index in [0.717, 1.165) is 5.39 Å². The van der Waals surface area contributed by atoms with Gasteiger partial charge in [-0.2, -0.15) is 5.10 Å². The summed E-state index contributed by atoms with van der Waals surface area (Å²) in [5, 5.41) is 5.12. The summed E-state index contributed by atoms with van der Waals surface area (Å²) in [5.41, 5.74) is 4.39. The monoisotopic (exact) mass is 312 g/mol. The zero-order valence-corrected chi connectivity index (χ0v) is 13.0. The van der Waals surface area contributed by atoms with Crippen LogP contribution in [0.4, 0.5) is 5.95 Å². The molecule has 0 bridgehead atoms. The van der Waals surface area contributed by atoms with Gasteiger partial charge in [-0.25, -0.2) is 10.4 Å². The van der Waals surface area contributed by atoms with Crippen molar-refractivity contribution < 1.29 is 9.15 Å². The molecular weight excluding hydrogens is 296 g/mol. The number of H-pyrrole nitrogens is 1. The zero-order valence-electron chi connectivity index (χ0n) is 13.0. The number of hydrazone groups is 1. The topological polar surface area (TPSA) is 92.5 Å². The maximum Gasteiger partial charge on any atom is 0.252 e. The van der Waals surface area contributed by atoms with Gasteiger partial charge in [-0.15, -0.1) is 0 Å². The van der Waals surface area contributed by atoms with Crippen LogP contribution in [-0.2, 0) is 0 Å².